The van der Waals surface area contributed by atoms with Gasteiger partial charge in [-0.1, -0.05) is 57.2 Å². The molecule has 0 heterocycles. The molecule has 0 nitrogen and oxygen atoms in total. The van der Waals surface area contributed by atoms with Crippen LogP contribution in [0.2, 0.25) is 0 Å². The van der Waals surface area contributed by atoms with Crippen LogP contribution in [0.1, 0.15) is 51.5 Å². The summed E-state index contributed by atoms with van der Waals surface area (Å²) in [7, 11) is 0. The predicted molar refractivity (Wildman–Crippen MR) is 79.8 cm³/mol. The number of unbranched alkanes of at least 4 members (excludes halogenated alkanes) is 3. The Morgan fingerprint density at radius 1 is 0.941 bits per heavy atom. The highest BCUT2D eigenvalue weighted by Gasteiger charge is 1.96. The second kappa shape index (κ2) is 8.63. The Hall–Kier alpha value is -0.430. The number of rotatable bonds is 8. The fourth-order valence-corrected chi connectivity index (χ4v) is 2.75. The van der Waals surface area contributed by atoms with Gasteiger partial charge < -0.3 is 0 Å². The SMILES string of the molecule is Cc1ccc(SCCCCCCC(C)C)cc1. The molecule has 96 valence electrons. The highest BCUT2D eigenvalue weighted by atomic mass is 32.2. The third-order valence-corrected chi connectivity index (χ3v) is 4.06. The summed E-state index contributed by atoms with van der Waals surface area (Å²) in [5.41, 5.74) is 1.35. The molecule has 0 radical (unpaired) electrons. The average molecular weight is 250 g/mol. The molecule has 0 aromatic heterocycles. The number of hydrogen-bond acceptors (Lipinski definition) is 1. The van der Waals surface area contributed by atoms with E-state index in [1.54, 1.807) is 0 Å². The van der Waals surface area contributed by atoms with Crippen molar-refractivity contribution in [2.45, 2.75) is 57.8 Å². The summed E-state index contributed by atoms with van der Waals surface area (Å²) in [5, 5.41) is 0. The van der Waals surface area contributed by atoms with Gasteiger partial charge in [-0.2, -0.15) is 0 Å². The van der Waals surface area contributed by atoms with Gasteiger partial charge in [0.25, 0.3) is 0 Å². The molecule has 0 N–H and O–H groups in total. The van der Waals surface area contributed by atoms with E-state index in [1.807, 2.05) is 11.8 Å². The molecule has 1 rings (SSSR count). The topological polar surface area (TPSA) is 0 Å². The van der Waals surface area contributed by atoms with Crippen molar-refractivity contribution in [3.8, 4) is 0 Å². The lowest BCUT2D eigenvalue weighted by Gasteiger charge is -2.04. The van der Waals surface area contributed by atoms with Crippen molar-refractivity contribution < 1.29 is 0 Å². The normalized spacial score (nSPS) is 11.1. The van der Waals surface area contributed by atoms with Crippen molar-refractivity contribution in [1.29, 1.82) is 0 Å². The van der Waals surface area contributed by atoms with Crippen LogP contribution in [-0.2, 0) is 0 Å². The fourth-order valence-electron chi connectivity index (χ4n) is 1.83. The zero-order chi connectivity index (χ0) is 12.5. The maximum Gasteiger partial charge on any atom is 0.00721 e. The second-order valence-electron chi connectivity index (χ2n) is 5.26. The fraction of sp³-hybridized carbons (Fsp3) is 0.625. The van der Waals surface area contributed by atoms with Gasteiger partial charge in [0.05, 0.1) is 0 Å². The molecule has 0 fully saturated rings. The first-order valence-electron chi connectivity index (χ1n) is 6.88. The van der Waals surface area contributed by atoms with E-state index >= 15 is 0 Å². The molecule has 1 aromatic rings. The number of thioether (sulfide) groups is 1. The van der Waals surface area contributed by atoms with E-state index < -0.39 is 0 Å². The van der Waals surface area contributed by atoms with Gasteiger partial charge in [-0.3, -0.25) is 0 Å². The van der Waals surface area contributed by atoms with Gasteiger partial charge in [-0.25, -0.2) is 0 Å². The lowest BCUT2D eigenvalue weighted by atomic mass is 10.0. The molecule has 0 atom stereocenters. The summed E-state index contributed by atoms with van der Waals surface area (Å²) in [5.74, 6) is 2.14. The summed E-state index contributed by atoms with van der Waals surface area (Å²) in [6, 6.07) is 8.87. The minimum Gasteiger partial charge on any atom is -0.126 e. The number of hydrogen-bond donors (Lipinski definition) is 0. The Balaban J connectivity index is 1.99. The van der Waals surface area contributed by atoms with Crippen molar-refractivity contribution >= 4 is 11.8 Å². The Morgan fingerprint density at radius 2 is 1.59 bits per heavy atom. The lowest BCUT2D eigenvalue weighted by molar-refractivity contribution is 0.525. The molecule has 1 aromatic carbocycles. The standard InChI is InChI=1S/C16H26S/c1-14(2)8-6-4-5-7-13-17-16-11-9-15(3)10-12-16/h9-12,14H,4-8,13H2,1-3H3. The maximum absolute atomic E-state index is 2.31. The molecule has 0 unspecified atom stereocenters. The van der Waals surface area contributed by atoms with Crippen molar-refractivity contribution in [3.05, 3.63) is 29.8 Å². The minimum atomic E-state index is 0.872. The largest absolute Gasteiger partial charge is 0.126 e. The van der Waals surface area contributed by atoms with Crippen molar-refractivity contribution in [2.75, 3.05) is 5.75 Å². The number of aryl methyl sites for hydroxylation is 1. The summed E-state index contributed by atoms with van der Waals surface area (Å²) in [4.78, 5) is 1.41. The van der Waals surface area contributed by atoms with Gasteiger partial charge in [0.15, 0.2) is 0 Å². The molecule has 1 heteroatoms. The molecule has 0 aliphatic carbocycles. The van der Waals surface area contributed by atoms with Crippen LogP contribution in [0.5, 0.6) is 0 Å². The zero-order valence-electron chi connectivity index (χ0n) is 11.5. The highest BCUT2D eigenvalue weighted by Crippen LogP contribution is 2.20. The second-order valence-corrected chi connectivity index (χ2v) is 6.43. The van der Waals surface area contributed by atoms with Gasteiger partial charge in [-0.15, -0.1) is 11.8 Å². The average Bonchev–Trinajstić information content (AvgIpc) is 2.30. The molecular weight excluding hydrogens is 224 g/mol. The monoisotopic (exact) mass is 250 g/mol. The number of benzene rings is 1. The summed E-state index contributed by atoms with van der Waals surface area (Å²) < 4.78 is 0. The van der Waals surface area contributed by atoms with Gasteiger partial charge in [0.1, 0.15) is 0 Å². The first kappa shape index (κ1) is 14.6. The highest BCUT2D eigenvalue weighted by molar-refractivity contribution is 7.99. The Labute approximate surface area is 111 Å². The quantitative estimate of drug-likeness (QED) is 0.421. The van der Waals surface area contributed by atoms with Gasteiger partial charge in [0.2, 0.25) is 0 Å². The van der Waals surface area contributed by atoms with Crippen LogP contribution in [0.4, 0.5) is 0 Å². The van der Waals surface area contributed by atoms with Crippen molar-refractivity contribution in [2.24, 2.45) is 5.92 Å². The molecular formula is C16H26S. The van der Waals surface area contributed by atoms with E-state index in [-0.39, 0.29) is 0 Å². The van der Waals surface area contributed by atoms with Crippen LogP contribution in [0.15, 0.2) is 29.2 Å². The molecule has 0 aliphatic rings. The lowest BCUT2D eigenvalue weighted by Crippen LogP contribution is -1.88. The first-order valence-corrected chi connectivity index (χ1v) is 7.86. The van der Waals surface area contributed by atoms with Gasteiger partial charge >= 0.3 is 0 Å². The third kappa shape index (κ3) is 7.49. The molecule has 0 bridgehead atoms. The maximum atomic E-state index is 2.31. The summed E-state index contributed by atoms with van der Waals surface area (Å²) in [6.07, 6.45) is 6.97. The molecule has 0 saturated carbocycles. The van der Waals surface area contributed by atoms with Crippen LogP contribution in [0.3, 0.4) is 0 Å². The van der Waals surface area contributed by atoms with Crippen molar-refractivity contribution in [3.63, 3.8) is 0 Å². The predicted octanol–water partition coefficient (Wildman–Crippen LogP) is 5.69. The summed E-state index contributed by atoms with van der Waals surface area (Å²) >= 11 is 1.99. The van der Waals surface area contributed by atoms with Gasteiger partial charge in [0, 0.05) is 4.90 Å². The van der Waals surface area contributed by atoms with E-state index in [1.165, 1.54) is 48.3 Å². The zero-order valence-corrected chi connectivity index (χ0v) is 12.4. The van der Waals surface area contributed by atoms with Crippen LogP contribution < -0.4 is 0 Å². The van der Waals surface area contributed by atoms with E-state index in [4.69, 9.17) is 0 Å². The van der Waals surface area contributed by atoms with E-state index in [0.717, 1.165) is 5.92 Å². The molecule has 0 aliphatic heterocycles. The Morgan fingerprint density at radius 3 is 2.24 bits per heavy atom. The Bertz CT molecular complexity index is 287. The summed E-state index contributed by atoms with van der Waals surface area (Å²) in [6.45, 7) is 6.77. The molecule has 17 heavy (non-hydrogen) atoms. The van der Waals surface area contributed by atoms with Crippen molar-refractivity contribution in [1.82, 2.24) is 0 Å². The van der Waals surface area contributed by atoms with Crippen LogP contribution in [0.25, 0.3) is 0 Å². The van der Waals surface area contributed by atoms with E-state index in [2.05, 4.69) is 45.0 Å². The molecule has 0 saturated heterocycles. The Kier molecular flexibility index (Phi) is 7.43. The van der Waals surface area contributed by atoms with Crippen LogP contribution in [0, 0.1) is 12.8 Å². The van der Waals surface area contributed by atoms with Crippen LogP contribution >= 0.6 is 11.8 Å². The first-order chi connectivity index (χ1) is 8.18. The van der Waals surface area contributed by atoms with Crippen LogP contribution in [-0.4, -0.2) is 5.75 Å². The third-order valence-electron chi connectivity index (χ3n) is 2.97. The molecule has 0 amide bonds. The smallest absolute Gasteiger partial charge is 0.00721 e. The van der Waals surface area contributed by atoms with E-state index in [0.29, 0.717) is 0 Å². The van der Waals surface area contributed by atoms with E-state index in [9.17, 15) is 0 Å². The molecule has 0 spiro atoms. The minimum absolute atomic E-state index is 0.872. The van der Waals surface area contributed by atoms with Gasteiger partial charge in [-0.05, 0) is 37.1 Å².